The summed E-state index contributed by atoms with van der Waals surface area (Å²) in [6, 6.07) is 23.5. The zero-order valence-electron chi connectivity index (χ0n) is 21.4. The highest BCUT2D eigenvalue weighted by atomic mass is 16.3. The van der Waals surface area contributed by atoms with Crippen LogP contribution in [0, 0.1) is 6.92 Å². The summed E-state index contributed by atoms with van der Waals surface area (Å²) in [6.07, 6.45) is 1.85. The lowest BCUT2D eigenvalue weighted by Crippen LogP contribution is -2.34. The highest BCUT2D eigenvalue weighted by Gasteiger charge is 2.14. The Kier molecular flexibility index (Phi) is 10.7. The van der Waals surface area contributed by atoms with E-state index in [-0.39, 0.29) is 18.4 Å². The molecule has 0 saturated carbocycles. The monoisotopic (exact) mass is 503 g/mol. The van der Waals surface area contributed by atoms with Crippen molar-refractivity contribution in [3.63, 3.8) is 0 Å². The molecule has 3 aromatic carbocycles. The molecule has 0 aliphatic rings. The minimum Gasteiger partial charge on any atom is -0.508 e. The van der Waals surface area contributed by atoms with E-state index in [0.717, 1.165) is 29.6 Å². The third-order valence-corrected chi connectivity index (χ3v) is 6.29. The summed E-state index contributed by atoms with van der Waals surface area (Å²) in [5.74, 6) is 0.0447. The van der Waals surface area contributed by atoms with E-state index < -0.39 is 6.10 Å². The Morgan fingerprint density at radius 1 is 1.00 bits per heavy atom. The lowest BCUT2D eigenvalue weighted by Gasteiger charge is -2.20. The van der Waals surface area contributed by atoms with Crippen LogP contribution < -0.4 is 10.6 Å². The molecular weight excluding hydrogens is 466 g/mol. The van der Waals surface area contributed by atoms with E-state index in [0.29, 0.717) is 30.6 Å². The van der Waals surface area contributed by atoms with Crippen molar-refractivity contribution >= 4 is 17.3 Å². The number of aliphatic hydroxyl groups excluding tert-OH is 2. The first-order valence-electron chi connectivity index (χ1n) is 12.6. The molecule has 6 N–H and O–H groups in total. The Labute approximate surface area is 218 Å². The van der Waals surface area contributed by atoms with E-state index >= 15 is 0 Å². The molecule has 2 atom stereocenters. The number of H-pyrrole nitrogens is 1. The van der Waals surface area contributed by atoms with Crippen LogP contribution in [0.3, 0.4) is 0 Å². The number of fused-ring (bicyclic) bond motifs is 1. The van der Waals surface area contributed by atoms with Gasteiger partial charge in [-0.1, -0.05) is 49.4 Å². The van der Waals surface area contributed by atoms with Gasteiger partial charge in [-0.15, -0.1) is 0 Å². The third kappa shape index (κ3) is 8.46. The number of hydrogen-bond donors (Lipinski definition) is 6. The molecule has 0 spiro atoms. The van der Waals surface area contributed by atoms with Gasteiger partial charge in [-0.25, -0.2) is 0 Å². The summed E-state index contributed by atoms with van der Waals surface area (Å²) >= 11 is 0. The van der Waals surface area contributed by atoms with Crippen LogP contribution in [0.25, 0.3) is 10.9 Å². The third-order valence-electron chi connectivity index (χ3n) is 6.29. The molecule has 196 valence electrons. The van der Waals surface area contributed by atoms with Gasteiger partial charge in [-0.3, -0.25) is 4.79 Å². The normalized spacial score (nSPS) is 12.4. The molecule has 0 bridgehead atoms. The molecule has 2 unspecified atom stereocenters. The van der Waals surface area contributed by atoms with Crippen LogP contribution in [0.1, 0.15) is 47.4 Å². The molecule has 0 fully saturated rings. The zero-order chi connectivity index (χ0) is 26.6. The first-order chi connectivity index (χ1) is 17.9. The Morgan fingerprint density at radius 2 is 1.78 bits per heavy atom. The van der Waals surface area contributed by atoms with Gasteiger partial charge in [0.2, 0.25) is 6.41 Å². The molecule has 7 heteroatoms. The van der Waals surface area contributed by atoms with E-state index in [1.165, 1.54) is 17.0 Å². The van der Waals surface area contributed by atoms with E-state index in [2.05, 4.69) is 53.7 Å². The van der Waals surface area contributed by atoms with E-state index in [1.54, 1.807) is 12.1 Å². The molecule has 0 aliphatic carbocycles. The average molecular weight is 504 g/mol. The maximum absolute atomic E-state index is 10.5. The summed E-state index contributed by atoms with van der Waals surface area (Å²) in [5.41, 5.74) is 5.81. The highest BCUT2D eigenvalue weighted by molar-refractivity contribution is 5.81. The molecular formula is C30H37N3O4. The van der Waals surface area contributed by atoms with Crippen molar-refractivity contribution in [2.45, 2.75) is 52.0 Å². The Balaban J connectivity index is 0.000000319. The number of benzene rings is 3. The lowest BCUT2D eigenvalue weighted by atomic mass is 10.0. The van der Waals surface area contributed by atoms with Gasteiger partial charge >= 0.3 is 0 Å². The fourth-order valence-electron chi connectivity index (χ4n) is 4.19. The van der Waals surface area contributed by atoms with E-state index in [4.69, 9.17) is 0 Å². The summed E-state index contributed by atoms with van der Waals surface area (Å²) in [5, 5.41) is 36.6. The molecule has 1 aromatic heterocycles. The van der Waals surface area contributed by atoms with Crippen molar-refractivity contribution in [1.82, 2.24) is 15.6 Å². The van der Waals surface area contributed by atoms with Crippen molar-refractivity contribution < 1.29 is 20.1 Å². The summed E-state index contributed by atoms with van der Waals surface area (Å²) < 4.78 is 0. The fraction of sp³-hybridized carbons (Fsp3) is 0.300. The van der Waals surface area contributed by atoms with Crippen LogP contribution in [0.2, 0.25) is 0 Å². The minimum atomic E-state index is -0.695. The second-order valence-electron chi connectivity index (χ2n) is 9.14. The molecule has 37 heavy (non-hydrogen) atoms. The van der Waals surface area contributed by atoms with E-state index in [1.807, 2.05) is 30.3 Å². The molecule has 1 heterocycles. The minimum absolute atomic E-state index is 0.0447. The number of amides is 1. The van der Waals surface area contributed by atoms with Gasteiger partial charge in [-0.05, 0) is 72.2 Å². The topological polar surface area (TPSA) is 118 Å². The van der Waals surface area contributed by atoms with Crippen LogP contribution in [0.15, 0.2) is 72.8 Å². The Bertz CT molecular complexity index is 1260. The zero-order valence-corrected chi connectivity index (χ0v) is 21.4. The van der Waals surface area contributed by atoms with Gasteiger partial charge in [-0.2, -0.15) is 0 Å². The number of carbonyl (C=O) groups is 1. The number of carbonyl (C=O) groups excluding carboxylic acids is 1. The van der Waals surface area contributed by atoms with Crippen LogP contribution in [0.5, 0.6) is 5.75 Å². The second kappa shape index (κ2) is 14.2. The van der Waals surface area contributed by atoms with E-state index in [9.17, 15) is 20.1 Å². The first-order valence-corrected chi connectivity index (χ1v) is 12.6. The second-order valence-corrected chi connectivity index (χ2v) is 9.14. The number of aromatic nitrogens is 1. The number of aryl methyl sites for hydroxylation is 1. The van der Waals surface area contributed by atoms with Crippen LogP contribution >= 0.6 is 0 Å². The molecule has 7 nitrogen and oxygen atoms in total. The average Bonchev–Trinajstić information content (AvgIpc) is 3.30. The number of aromatic amines is 1. The fourth-order valence-corrected chi connectivity index (χ4v) is 4.19. The highest BCUT2D eigenvalue weighted by Crippen LogP contribution is 2.23. The van der Waals surface area contributed by atoms with Crippen molar-refractivity contribution in [3.05, 3.63) is 101 Å². The van der Waals surface area contributed by atoms with Crippen LogP contribution in [-0.4, -0.2) is 39.3 Å². The van der Waals surface area contributed by atoms with Crippen molar-refractivity contribution in [2.24, 2.45) is 0 Å². The van der Waals surface area contributed by atoms with Gasteiger partial charge in [0.15, 0.2) is 0 Å². The van der Waals surface area contributed by atoms with Gasteiger partial charge < -0.3 is 30.9 Å². The predicted octanol–water partition coefficient (Wildman–Crippen LogP) is 4.25. The molecule has 4 rings (SSSR count). The van der Waals surface area contributed by atoms with Crippen molar-refractivity contribution in [3.8, 4) is 5.75 Å². The standard InChI is InChI=1S/C22H28N2O3.C8H9NO/c1-3-19(10-15-4-6-20-17(9-15)8-14(2)24-20)23-12-22(27)16-5-7-21(26)18(11-16)13-25;10-7-9-6-8-4-2-1-3-5-8/h4-9,11,19,22-27H,3,10,12-13H2,1-2H3;1-5,7H,6H2,(H,9,10). The van der Waals surface area contributed by atoms with Gasteiger partial charge in [0.05, 0.1) is 12.7 Å². The maximum Gasteiger partial charge on any atom is 0.207 e. The quantitative estimate of drug-likeness (QED) is 0.171. The Morgan fingerprint density at radius 3 is 2.49 bits per heavy atom. The number of phenols is 1. The number of aromatic hydroxyl groups is 1. The SMILES string of the molecule is CCC(Cc1ccc2[nH]c(C)cc2c1)NCC(O)c1ccc(O)c(CO)c1.O=CNCc1ccccc1. The smallest absolute Gasteiger partial charge is 0.207 e. The number of aliphatic hydroxyl groups is 2. The van der Waals surface area contributed by atoms with Gasteiger partial charge in [0.1, 0.15) is 5.75 Å². The molecule has 1 amide bonds. The Hall–Kier alpha value is -3.65. The van der Waals surface area contributed by atoms with Crippen molar-refractivity contribution in [1.29, 1.82) is 0 Å². The molecule has 0 aliphatic heterocycles. The lowest BCUT2D eigenvalue weighted by molar-refractivity contribution is -0.109. The predicted molar refractivity (Wildman–Crippen MR) is 147 cm³/mol. The van der Waals surface area contributed by atoms with Crippen LogP contribution in [0.4, 0.5) is 0 Å². The summed E-state index contributed by atoms with van der Waals surface area (Å²) in [7, 11) is 0. The summed E-state index contributed by atoms with van der Waals surface area (Å²) in [4.78, 5) is 13.2. The number of nitrogens with one attached hydrogen (secondary N) is 3. The molecule has 0 saturated heterocycles. The first kappa shape index (κ1) is 27.9. The maximum atomic E-state index is 10.5. The number of hydrogen-bond acceptors (Lipinski definition) is 5. The van der Waals surface area contributed by atoms with Gasteiger partial charge in [0, 0.05) is 35.9 Å². The summed E-state index contributed by atoms with van der Waals surface area (Å²) in [6.45, 7) is 4.97. The molecule has 4 aromatic rings. The van der Waals surface area contributed by atoms with Crippen molar-refractivity contribution in [2.75, 3.05) is 6.54 Å². The number of rotatable bonds is 11. The van der Waals surface area contributed by atoms with Crippen LogP contribution in [-0.2, 0) is 24.4 Å². The van der Waals surface area contributed by atoms with Gasteiger partial charge in [0.25, 0.3) is 0 Å². The largest absolute Gasteiger partial charge is 0.508 e. The molecule has 0 radical (unpaired) electrons.